The Morgan fingerprint density at radius 3 is 1.95 bits per heavy atom. The quantitative estimate of drug-likeness (QED) is 0.323. The summed E-state index contributed by atoms with van der Waals surface area (Å²) in [4.78, 5) is 21.3. The number of aromatic hydroxyl groups is 1. The number of hydrogen-bond donors (Lipinski definition) is 2. The first-order chi connectivity index (χ1) is 18.5. The number of phenolic OH excluding ortho intramolecular Hbond substituents is 1. The van der Waals surface area contributed by atoms with Crippen molar-refractivity contribution in [1.82, 2.24) is 9.55 Å². The number of benzene rings is 3. The Hall–Kier alpha value is -4.66. The number of carbonyl (C=O) groups excluding carboxylic acids is 1. The molecule has 0 saturated heterocycles. The second-order valence-electron chi connectivity index (χ2n) is 9.67. The van der Waals surface area contributed by atoms with Crippen LogP contribution in [0.15, 0.2) is 54.6 Å². The van der Waals surface area contributed by atoms with E-state index < -0.39 is 0 Å². The molecule has 4 aromatic rings. The van der Waals surface area contributed by atoms with Crippen molar-refractivity contribution in [2.45, 2.75) is 6.92 Å². The van der Waals surface area contributed by atoms with Gasteiger partial charge in [0.05, 0.1) is 31.3 Å². The maximum absolute atomic E-state index is 12.2. The Kier molecular flexibility index (Phi) is 7.71. The molecule has 9 heteroatoms. The molecule has 0 bridgehead atoms. The molecule has 2 N–H and O–H groups in total. The fourth-order valence-electron chi connectivity index (χ4n) is 4.52. The van der Waals surface area contributed by atoms with Crippen molar-refractivity contribution in [3.05, 3.63) is 54.6 Å². The van der Waals surface area contributed by atoms with Gasteiger partial charge in [0.15, 0.2) is 11.5 Å². The lowest BCUT2D eigenvalue weighted by Crippen LogP contribution is -2.11. The molecule has 204 valence electrons. The number of carbonyl (C=O) groups is 1. The SMILES string of the molecule is COc1cc(-c2nc(-c3ccc(N(C)C)cc3NC(C)=O)c(-c3ccc(N(C)C)cc3)n2C)cc(OC)c1O. The van der Waals surface area contributed by atoms with E-state index in [9.17, 15) is 9.90 Å². The number of nitrogens with one attached hydrogen (secondary N) is 1. The molecule has 0 unspecified atom stereocenters. The number of nitrogens with zero attached hydrogens (tertiary/aromatic N) is 4. The maximum atomic E-state index is 12.2. The maximum Gasteiger partial charge on any atom is 0.221 e. The third-order valence-corrected chi connectivity index (χ3v) is 6.58. The number of rotatable bonds is 8. The summed E-state index contributed by atoms with van der Waals surface area (Å²) in [6.45, 7) is 1.49. The predicted molar refractivity (Wildman–Crippen MR) is 157 cm³/mol. The van der Waals surface area contributed by atoms with Crippen LogP contribution in [0.2, 0.25) is 0 Å². The van der Waals surface area contributed by atoms with Gasteiger partial charge < -0.3 is 34.3 Å². The molecule has 1 amide bonds. The van der Waals surface area contributed by atoms with Crippen LogP contribution >= 0.6 is 0 Å². The van der Waals surface area contributed by atoms with Crippen LogP contribution in [0.3, 0.4) is 0 Å². The van der Waals surface area contributed by atoms with E-state index in [0.717, 1.165) is 28.2 Å². The number of methoxy groups -OCH3 is 2. The smallest absolute Gasteiger partial charge is 0.221 e. The molecule has 0 aliphatic heterocycles. The number of anilines is 3. The number of phenols is 1. The molecule has 1 aromatic heterocycles. The molecule has 3 aromatic carbocycles. The van der Waals surface area contributed by atoms with Gasteiger partial charge in [-0.05, 0) is 42.5 Å². The Morgan fingerprint density at radius 1 is 0.872 bits per heavy atom. The van der Waals surface area contributed by atoms with Gasteiger partial charge in [0.25, 0.3) is 0 Å². The Labute approximate surface area is 229 Å². The van der Waals surface area contributed by atoms with Crippen LogP contribution in [0.25, 0.3) is 33.9 Å². The van der Waals surface area contributed by atoms with Crippen LogP contribution in [0.5, 0.6) is 17.2 Å². The van der Waals surface area contributed by atoms with Crippen LogP contribution in [0.4, 0.5) is 17.1 Å². The van der Waals surface area contributed by atoms with Crippen LogP contribution in [0.1, 0.15) is 6.92 Å². The lowest BCUT2D eigenvalue weighted by Gasteiger charge is -2.17. The van der Waals surface area contributed by atoms with Gasteiger partial charge in [0.1, 0.15) is 5.82 Å². The Balaban J connectivity index is 2.03. The highest BCUT2D eigenvalue weighted by molar-refractivity contribution is 5.97. The second-order valence-corrected chi connectivity index (χ2v) is 9.67. The molecular formula is C30H35N5O4. The third kappa shape index (κ3) is 5.34. The number of ether oxygens (including phenoxy) is 2. The van der Waals surface area contributed by atoms with E-state index in [1.807, 2.05) is 67.8 Å². The highest BCUT2D eigenvalue weighted by Gasteiger charge is 2.24. The monoisotopic (exact) mass is 529 g/mol. The first-order valence-corrected chi connectivity index (χ1v) is 12.4. The minimum atomic E-state index is -0.173. The number of aromatic nitrogens is 2. The Bertz CT molecular complexity index is 1480. The first-order valence-electron chi connectivity index (χ1n) is 12.4. The standard InChI is InChI=1S/C30H35N5O4/c1-18(36)31-24-17-22(34(4)5)13-14-23(24)27-28(19-9-11-21(12-10-19)33(2)3)35(6)30(32-27)20-15-25(38-7)29(37)26(16-20)39-8/h9-17,37H,1-8H3,(H,31,36). The summed E-state index contributed by atoms with van der Waals surface area (Å²) in [5.41, 5.74) is 6.68. The fraction of sp³-hybridized carbons (Fsp3) is 0.267. The van der Waals surface area contributed by atoms with E-state index >= 15 is 0 Å². The van der Waals surface area contributed by atoms with Crippen LogP contribution in [0, 0.1) is 0 Å². The van der Waals surface area contributed by atoms with Gasteiger partial charge in [0, 0.05) is 70.2 Å². The van der Waals surface area contributed by atoms with Crippen LogP contribution in [-0.2, 0) is 11.8 Å². The molecule has 0 fully saturated rings. The fourth-order valence-corrected chi connectivity index (χ4v) is 4.52. The van der Waals surface area contributed by atoms with E-state index in [4.69, 9.17) is 14.5 Å². The van der Waals surface area contributed by atoms with Crippen LogP contribution in [-0.4, -0.2) is 63.0 Å². The zero-order valence-electron chi connectivity index (χ0n) is 23.7. The molecule has 0 aliphatic carbocycles. The van der Waals surface area contributed by atoms with E-state index in [1.54, 1.807) is 12.1 Å². The number of imidazole rings is 1. The van der Waals surface area contributed by atoms with E-state index in [1.165, 1.54) is 21.1 Å². The summed E-state index contributed by atoms with van der Waals surface area (Å²) in [6.07, 6.45) is 0. The highest BCUT2D eigenvalue weighted by atomic mass is 16.5. The van der Waals surface area contributed by atoms with Gasteiger partial charge in [-0.15, -0.1) is 0 Å². The topological polar surface area (TPSA) is 92.1 Å². The summed E-state index contributed by atoms with van der Waals surface area (Å²) in [7, 11) is 12.8. The minimum Gasteiger partial charge on any atom is -0.502 e. The van der Waals surface area contributed by atoms with Crippen molar-refractivity contribution in [2.24, 2.45) is 7.05 Å². The lowest BCUT2D eigenvalue weighted by atomic mass is 10.0. The highest BCUT2D eigenvalue weighted by Crippen LogP contribution is 2.44. The van der Waals surface area contributed by atoms with Gasteiger partial charge in [-0.1, -0.05) is 12.1 Å². The van der Waals surface area contributed by atoms with Crippen molar-refractivity contribution in [1.29, 1.82) is 0 Å². The molecule has 0 atom stereocenters. The van der Waals surface area contributed by atoms with Gasteiger partial charge in [-0.3, -0.25) is 4.79 Å². The number of hydrogen-bond acceptors (Lipinski definition) is 7. The molecule has 1 heterocycles. The lowest BCUT2D eigenvalue weighted by molar-refractivity contribution is -0.114. The molecule has 0 saturated carbocycles. The van der Waals surface area contributed by atoms with Gasteiger partial charge >= 0.3 is 0 Å². The van der Waals surface area contributed by atoms with Crippen molar-refractivity contribution in [3.63, 3.8) is 0 Å². The molecular weight excluding hydrogens is 494 g/mol. The van der Waals surface area contributed by atoms with E-state index in [-0.39, 0.29) is 23.2 Å². The van der Waals surface area contributed by atoms with E-state index in [0.29, 0.717) is 22.8 Å². The summed E-state index contributed by atoms with van der Waals surface area (Å²) in [5, 5.41) is 13.5. The average molecular weight is 530 g/mol. The van der Waals surface area contributed by atoms with Crippen molar-refractivity contribution >= 4 is 23.0 Å². The third-order valence-electron chi connectivity index (χ3n) is 6.58. The van der Waals surface area contributed by atoms with Gasteiger partial charge in [-0.2, -0.15) is 0 Å². The second kappa shape index (κ2) is 11.0. The molecule has 0 spiro atoms. The summed E-state index contributed by atoms with van der Waals surface area (Å²) < 4.78 is 12.8. The summed E-state index contributed by atoms with van der Waals surface area (Å²) in [6, 6.07) is 17.6. The molecule has 39 heavy (non-hydrogen) atoms. The molecule has 9 nitrogen and oxygen atoms in total. The molecule has 0 radical (unpaired) electrons. The predicted octanol–water partition coefficient (Wildman–Crippen LogP) is 5.23. The van der Waals surface area contributed by atoms with Crippen molar-refractivity contribution in [2.75, 3.05) is 57.5 Å². The van der Waals surface area contributed by atoms with E-state index in [2.05, 4.69) is 29.6 Å². The average Bonchev–Trinajstić information content (AvgIpc) is 3.25. The van der Waals surface area contributed by atoms with Crippen molar-refractivity contribution < 1.29 is 19.4 Å². The number of amides is 1. The van der Waals surface area contributed by atoms with Crippen LogP contribution < -0.4 is 24.6 Å². The normalized spacial score (nSPS) is 10.8. The minimum absolute atomic E-state index is 0.0788. The Morgan fingerprint density at radius 2 is 1.44 bits per heavy atom. The molecule has 4 rings (SSSR count). The largest absolute Gasteiger partial charge is 0.502 e. The van der Waals surface area contributed by atoms with Crippen molar-refractivity contribution in [3.8, 4) is 51.2 Å². The first kappa shape index (κ1) is 27.4. The van der Waals surface area contributed by atoms with Gasteiger partial charge in [0.2, 0.25) is 11.7 Å². The summed E-state index contributed by atoms with van der Waals surface area (Å²) >= 11 is 0. The van der Waals surface area contributed by atoms with Gasteiger partial charge in [-0.25, -0.2) is 4.98 Å². The summed E-state index contributed by atoms with van der Waals surface area (Å²) in [5.74, 6) is 0.942. The zero-order chi connectivity index (χ0) is 28.4. The molecule has 0 aliphatic rings. The zero-order valence-corrected chi connectivity index (χ0v) is 23.7.